The molecule has 0 aliphatic rings. The van der Waals surface area contributed by atoms with Crippen LogP contribution in [0.5, 0.6) is 0 Å². The van der Waals surface area contributed by atoms with Gasteiger partial charge in [0.2, 0.25) is 0 Å². The topological polar surface area (TPSA) is 98.3 Å². The molecular weight excluding hydrogens is 297 g/mol. The summed E-state index contributed by atoms with van der Waals surface area (Å²) in [5, 5.41) is 16.3. The van der Waals surface area contributed by atoms with Crippen LogP contribution < -0.4 is 5.32 Å². The van der Waals surface area contributed by atoms with Crippen LogP contribution in [-0.4, -0.2) is 16.0 Å². The van der Waals surface area contributed by atoms with Gasteiger partial charge in [0.15, 0.2) is 0 Å². The van der Waals surface area contributed by atoms with Crippen LogP contribution in [0, 0.1) is 10.1 Å². The van der Waals surface area contributed by atoms with E-state index in [2.05, 4.69) is 15.0 Å². The van der Waals surface area contributed by atoms with Crippen LogP contribution in [0.15, 0.2) is 29.1 Å². The van der Waals surface area contributed by atoms with Gasteiger partial charge in [-0.05, 0) is 6.07 Å². The molecule has 9 heteroatoms. The minimum atomic E-state index is -0.718. The fourth-order valence-corrected chi connectivity index (χ4v) is 1.70. The number of halogens is 2. The van der Waals surface area contributed by atoms with E-state index in [4.69, 9.17) is 23.2 Å². The third-order valence-corrected chi connectivity index (χ3v) is 2.95. The van der Waals surface area contributed by atoms with Crippen LogP contribution in [0.4, 0.5) is 11.4 Å². The highest BCUT2D eigenvalue weighted by atomic mass is 35.5. The number of carbonyl (C=O) groups is 1. The smallest absolute Gasteiger partial charge is 0.290 e. The Morgan fingerprint density at radius 3 is 2.74 bits per heavy atom. The average molecular weight is 302 g/mol. The molecule has 2 aromatic rings. The zero-order valence-corrected chi connectivity index (χ0v) is 10.6. The Morgan fingerprint density at radius 2 is 2.16 bits per heavy atom. The maximum absolute atomic E-state index is 11.8. The van der Waals surface area contributed by atoms with E-state index in [1.165, 1.54) is 18.5 Å². The minimum absolute atomic E-state index is 0.00213. The van der Waals surface area contributed by atoms with Gasteiger partial charge in [0, 0.05) is 11.6 Å². The highest BCUT2D eigenvalue weighted by molar-refractivity contribution is 6.43. The molecule has 2 rings (SSSR count). The molecule has 0 aliphatic carbocycles. The van der Waals surface area contributed by atoms with Crippen molar-refractivity contribution in [3.8, 4) is 0 Å². The number of carbonyl (C=O) groups excluding carboxylic acids is 1. The van der Waals surface area contributed by atoms with Crippen LogP contribution in [0.3, 0.4) is 0 Å². The summed E-state index contributed by atoms with van der Waals surface area (Å²) in [6.45, 7) is 0. The maximum Gasteiger partial charge on any atom is 0.290 e. The fourth-order valence-electron chi connectivity index (χ4n) is 1.31. The van der Waals surface area contributed by atoms with Crippen molar-refractivity contribution in [3.63, 3.8) is 0 Å². The summed E-state index contributed by atoms with van der Waals surface area (Å²) in [4.78, 5) is 21.9. The van der Waals surface area contributed by atoms with Gasteiger partial charge >= 0.3 is 0 Å². The second-order valence-corrected chi connectivity index (χ2v) is 4.20. The molecule has 0 fully saturated rings. The molecule has 19 heavy (non-hydrogen) atoms. The number of nitrogens with zero attached hydrogens (tertiary/aromatic N) is 2. The van der Waals surface area contributed by atoms with E-state index in [1.807, 2.05) is 0 Å². The molecule has 1 heterocycles. The fraction of sp³-hybridized carbons (Fsp3) is 0. The van der Waals surface area contributed by atoms with Crippen molar-refractivity contribution in [1.29, 1.82) is 0 Å². The van der Waals surface area contributed by atoms with Gasteiger partial charge in [0.05, 0.1) is 16.1 Å². The first kappa shape index (κ1) is 13.3. The number of nitrogens with one attached hydrogen (secondary N) is 1. The van der Waals surface area contributed by atoms with Crippen LogP contribution in [0.1, 0.15) is 10.4 Å². The lowest BCUT2D eigenvalue weighted by atomic mass is 10.2. The Kier molecular flexibility index (Phi) is 3.68. The van der Waals surface area contributed by atoms with Gasteiger partial charge in [-0.3, -0.25) is 14.9 Å². The summed E-state index contributed by atoms with van der Waals surface area (Å²) in [6, 6.07) is 2.27. The molecule has 0 radical (unpaired) electrons. The molecular formula is C10H5Cl2N3O4. The van der Waals surface area contributed by atoms with Gasteiger partial charge < -0.3 is 9.84 Å². The van der Waals surface area contributed by atoms with Crippen LogP contribution in [-0.2, 0) is 0 Å². The van der Waals surface area contributed by atoms with Crippen molar-refractivity contribution in [2.75, 3.05) is 5.32 Å². The Labute approximate surface area is 116 Å². The second-order valence-electron chi connectivity index (χ2n) is 3.42. The van der Waals surface area contributed by atoms with E-state index < -0.39 is 16.5 Å². The number of nitro groups is 1. The molecule has 98 valence electrons. The van der Waals surface area contributed by atoms with E-state index in [1.54, 1.807) is 0 Å². The number of anilines is 1. The number of nitro benzene ring substituents is 1. The summed E-state index contributed by atoms with van der Waals surface area (Å²) in [7, 11) is 0. The summed E-state index contributed by atoms with van der Waals surface area (Å²) in [5.41, 5.74) is -0.120. The lowest BCUT2D eigenvalue weighted by Gasteiger charge is -2.04. The largest absolute Gasteiger partial charge is 0.363 e. The highest BCUT2D eigenvalue weighted by Gasteiger charge is 2.20. The molecule has 0 spiro atoms. The third-order valence-electron chi connectivity index (χ3n) is 2.16. The molecule has 0 saturated carbocycles. The summed E-state index contributed by atoms with van der Waals surface area (Å²) >= 11 is 11.4. The third kappa shape index (κ3) is 2.83. The minimum Gasteiger partial charge on any atom is -0.363 e. The molecule has 1 N–H and O–H groups in total. The van der Waals surface area contributed by atoms with Gasteiger partial charge in [-0.15, -0.1) is 0 Å². The van der Waals surface area contributed by atoms with Crippen LogP contribution in [0.2, 0.25) is 10.0 Å². The molecule has 1 amide bonds. The van der Waals surface area contributed by atoms with Gasteiger partial charge in [0.1, 0.15) is 17.0 Å². The lowest BCUT2D eigenvalue weighted by Crippen LogP contribution is -2.11. The molecule has 7 nitrogen and oxygen atoms in total. The van der Waals surface area contributed by atoms with E-state index >= 15 is 0 Å². The van der Waals surface area contributed by atoms with Crippen LogP contribution >= 0.6 is 23.2 Å². The van der Waals surface area contributed by atoms with Crippen molar-refractivity contribution in [2.45, 2.75) is 0 Å². The molecule has 0 bridgehead atoms. The number of benzene rings is 1. The standard InChI is InChI=1S/C10H5Cl2N3O4/c11-7-1-5(2-8(9(7)12)15(17)18)10(16)14-6-3-13-19-4-6/h1-4H,(H,14,16). The maximum atomic E-state index is 11.8. The first-order chi connectivity index (χ1) is 8.99. The Balaban J connectivity index is 2.35. The molecule has 1 aromatic carbocycles. The molecule has 0 unspecified atom stereocenters. The first-order valence-electron chi connectivity index (χ1n) is 4.83. The van der Waals surface area contributed by atoms with Crippen molar-refractivity contribution in [2.24, 2.45) is 0 Å². The Morgan fingerprint density at radius 1 is 1.42 bits per heavy atom. The Hall–Kier alpha value is -2.12. The monoisotopic (exact) mass is 301 g/mol. The normalized spacial score (nSPS) is 10.2. The van der Waals surface area contributed by atoms with Crippen molar-refractivity contribution >= 4 is 40.5 Å². The quantitative estimate of drug-likeness (QED) is 0.693. The van der Waals surface area contributed by atoms with E-state index in [-0.39, 0.29) is 15.6 Å². The van der Waals surface area contributed by atoms with Gasteiger partial charge in [-0.1, -0.05) is 28.4 Å². The Bertz CT molecular complexity index is 642. The number of rotatable bonds is 3. The highest BCUT2D eigenvalue weighted by Crippen LogP contribution is 2.33. The SMILES string of the molecule is O=C(Nc1cnoc1)c1cc(Cl)c(Cl)c([N+](=O)[O-])c1. The van der Waals surface area contributed by atoms with Gasteiger partial charge in [0.25, 0.3) is 11.6 Å². The summed E-state index contributed by atoms with van der Waals surface area (Å²) in [6.07, 6.45) is 2.49. The molecule has 0 aliphatic heterocycles. The van der Waals surface area contributed by atoms with E-state index in [9.17, 15) is 14.9 Å². The number of amides is 1. The zero-order valence-electron chi connectivity index (χ0n) is 9.09. The predicted molar refractivity (Wildman–Crippen MR) is 67.6 cm³/mol. The van der Waals surface area contributed by atoms with Gasteiger partial charge in [-0.2, -0.15) is 0 Å². The molecule has 0 saturated heterocycles. The number of hydrogen-bond acceptors (Lipinski definition) is 5. The summed E-state index contributed by atoms with van der Waals surface area (Å²) in [5.74, 6) is -0.593. The van der Waals surface area contributed by atoms with E-state index in [0.29, 0.717) is 5.69 Å². The van der Waals surface area contributed by atoms with Crippen molar-refractivity contribution in [3.05, 3.63) is 50.3 Å². The van der Waals surface area contributed by atoms with Crippen molar-refractivity contribution in [1.82, 2.24) is 5.16 Å². The van der Waals surface area contributed by atoms with Crippen molar-refractivity contribution < 1.29 is 14.2 Å². The first-order valence-corrected chi connectivity index (χ1v) is 5.59. The van der Waals surface area contributed by atoms with Gasteiger partial charge in [-0.25, -0.2) is 0 Å². The summed E-state index contributed by atoms with van der Waals surface area (Å²) < 4.78 is 4.54. The predicted octanol–water partition coefficient (Wildman–Crippen LogP) is 3.14. The zero-order chi connectivity index (χ0) is 14.0. The molecule has 0 atom stereocenters. The van der Waals surface area contributed by atoms with Crippen LogP contribution in [0.25, 0.3) is 0 Å². The van der Waals surface area contributed by atoms with E-state index in [0.717, 1.165) is 6.07 Å². The second kappa shape index (κ2) is 5.25. The lowest BCUT2D eigenvalue weighted by molar-refractivity contribution is -0.384. The average Bonchev–Trinajstić information content (AvgIpc) is 2.84. The number of hydrogen-bond donors (Lipinski definition) is 1. The number of aromatic nitrogens is 1. The molecule has 1 aromatic heterocycles.